The first-order chi connectivity index (χ1) is 17.7. The second kappa shape index (κ2) is 7.86. The molecule has 2 aliphatic carbocycles. The lowest BCUT2D eigenvalue weighted by Gasteiger charge is -2.52. The van der Waals surface area contributed by atoms with E-state index in [9.17, 15) is 28.7 Å². The number of nitrogens with zero attached hydrogens (tertiary/aromatic N) is 3. The van der Waals surface area contributed by atoms with E-state index in [1.807, 2.05) is 0 Å². The van der Waals surface area contributed by atoms with Crippen molar-refractivity contribution >= 4 is 11.6 Å². The molecule has 0 unspecified atom stereocenters. The SMILES string of the molecule is CC1=CC(=O)[C@@H]2C[C@@H]3C(=CCn4c(=O)n(-c5ccccc5)c(=O)n43)[C@H](c3cccc(F)c3O)[C@]2(C)C1=O. The second-order valence-electron chi connectivity index (χ2n) is 10.1. The van der Waals surface area contributed by atoms with Gasteiger partial charge in [-0.2, -0.15) is 0 Å². The van der Waals surface area contributed by atoms with E-state index in [1.54, 1.807) is 56.3 Å². The van der Waals surface area contributed by atoms with Crippen LogP contribution in [0.25, 0.3) is 5.69 Å². The smallest absolute Gasteiger partial charge is 0.352 e. The Balaban J connectivity index is 1.62. The van der Waals surface area contributed by atoms with E-state index < -0.39 is 46.2 Å². The molecule has 1 saturated carbocycles. The van der Waals surface area contributed by atoms with Crippen molar-refractivity contribution in [2.45, 2.75) is 38.8 Å². The largest absolute Gasteiger partial charge is 0.505 e. The molecule has 6 rings (SSSR count). The highest BCUT2D eigenvalue weighted by Crippen LogP contribution is 2.60. The fourth-order valence-electron chi connectivity index (χ4n) is 6.56. The molecule has 1 fully saturated rings. The Morgan fingerprint density at radius 3 is 2.46 bits per heavy atom. The number of carbonyl (C=O) groups is 2. The molecular formula is C28H24FN3O5. The number of halogens is 1. The van der Waals surface area contributed by atoms with Crippen molar-refractivity contribution in [2.75, 3.05) is 0 Å². The predicted molar refractivity (Wildman–Crippen MR) is 132 cm³/mol. The van der Waals surface area contributed by atoms with Gasteiger partial charge in [0.2, 0.25) is 0 Å². The normalized spacial score (nSPS) is 26.6. The molecule has 4 atom stereocenters. The molecule has 0 radical (unpaired) electrons. The number of hydrogen-bond donors (Lipinski definition) is 1. The van der Waals surface area contributed by atoms with E-state index in [-0.39, 0.29) is 30.1 Å². The number of rotatable bonds is 2. The summed E-state index contributed by atoms with van der Waals surface area (Å²) in [6, 6.07) is 11.9. The van der Waals surface area contributed by atoms with E-state index >= 15 is 0 Å². The van der Waals surface area contributed by atoms with Crippen LogP contribution in [0.1, 0.15) is 37.8 Å². The summed E-state index contributed by atoms with van der Waals surface area (Å²) in [5.41, 5.74) is -0.920. The average Bonchev–Trinajstić information content (AvgIpc) is 3.14. The topological polar surface area (TPSA) is 103 Å². The molecule has 37 heavy (non-hydrogen) atoms. The van der Waals surface area contributed by atoms with Crippen molar-refractivity contribution in [1.29, 1.82) is 0 Å². The van der Waals surface area contributed by atoms with Crippen molar-refractivity contribution in [3.8, 4) is 11.4 Å². The molecule has 2 aromatic carbocycles. The standard InChI is InChI=1S/C28H24FN3O5/c1-15-13-22(33)19-14-21-17(23(28(19,2)25(15)35)18-9-6-10-20(29)24(18)34)11-12-30-26(36)31(27(37)32(21)30)16-7-4-3-5-8-16/h3-11,13,19,21,23,34H,12,14H2,1-2H3/t19-,21+,23+,28+/m0/s1. The van der Waals surface area contributed by atoms with Crippen molar-refractivity contribution in [3.63, 3.8) is 0 Å². The number of aromatic nitrogens is 3. The van der Waals surface area contributed by atoms with Crippen molar-refractivity contribution in [2.24, 2.45) is 11.3 Å². The fraction of sp³-hybridized carbons (Fsp3) is 0.286. The number of hydrogen-bond acceptors (Lipinski definition) is 5. The van der Waals surface area contributed by atoms with Gasteiger partial charge in [0.25, 0.3) is 0 Å². The first-order valence-corrected chi connectivity index (χ1v) is 12.1. The Morgan fingerprint density at radius 1 is 1.00 bits per heavy atom. The quantitative estimate of drug-likeness (QED) is 0.544. The van der Waals surface area contributed by atoms with Crippen LogP contribution in [0, 0.1) is 17.2 Å². The molecule has 188 valence electrons. The number of phenolic OH excluding ortho intramolecular Hbond substituents is 1. The lowest BCUT2D eigenvalue weighted by molar-refractivity contribution is -0.139. The minimum atomic E-state index is -1.31. The number of para-hydroxylation sites is 2. The van der Waals surface area contributed by atoms with Crippen LogP contribution >= 0.6 is 0 Å². The van der Waals surface area contributed by atoms with E-state index in [0.29, 0.717) is 16.8 Å². The zero-order chi connectivity index (χ0) is 26.2. The summed E-state index contributed by atoms with van der Waals surface area (Å²) in [6.07, 6.45) is 3.20. The number of carbonyl (C=O) groups excluding carboxylic acids is 2. The van der Waals surface area contributed by atoms with Gasteiger partial charge in [0.15, 0.2) is 23.1 Å². The number of aromatic hydroxyl groups is 1. The molecule has 1 aliphatic heterocycles. The minimum absolute atomic E-state index is 0.0457. The number of fused-ring (bicyclic) bond motifs is 4. The summed E-state index contributed by atoms with van der Waals surface area (Å²) < 4.78 is 18.3. The van der Waals surface area contributed by atoms with Gasteiger partial charge >= 0.3 is 11.4 Å². The van der Waals surface area contributed by atoms with Crippen LogP contribution in [-0.2, 0) is 16.1 Å². The molecule has 0 bridgehead atoms. The van der Waals surface area contributed by atoms with Crippen molar-refractivity contribution in [1.82, 2.24) is 13.9 Å². The van der Waals surface area contributed by atoms with E-state index in [0.717, 1.165) is 10.6 Å². The third-order valence-corrected chi connectivity index (χ3v) is 8.25. The molecule has 9 heteroatoms. The second-order valence-corrected chi connectivity index (χ2v) is 10.1. The summed E-state index contributed by atoms with van der Waals surface area (Å²) in [5, 5.41) is 10.8. The molecule has 0 amide bonds. The maximum atomic E-state index is 14.6. The van der Waals surface area contributed by atoms with Crippen LogP contribution < -0.4 is 11.4 Å². The average molecular weight is 502 g/mol. The summed E-state index contributed by atoms with van der Waals surface area (Å²) >= 11 is 0. The van der Waals surface area contributed by atoms with Gasteiger partial charge < -0.3 is 5.11 Å². The Kier molecular flexibility index (Phi) is 4.92. The Hall–Kier alpha value is -4.27. The molecular weight excluding hydrogens is 477 g/mol. The lowest BCUT2D eigenvalue weighted by Crippen LogP contribution is -2.54. The summed E-state index contributed by atoms with van der Waals surface area (Å²) in [6.45, 7) is 3.30. The number of phenols is 1. The summed E-state index contributed by atoms with van der Waals surface area (Å²) in [4.78, 5) is 54.0. The monoisotopic (exact) mass is 501 g/mol. The minimum Gasteiger partial charge on any atom is -0.505 e. The zero-order valence-electron chi connectivity index (χ0n) is 20.2. The third kappa shape index (κ3) is 3.00. The highest BCUT2D eigenvalue weighted by Gasteiger charge is 2.60. The van der Waals surface area contributed by atoms with E-state index in [4.69, 9.17) is 0 Å². The van der Waals surface area contributed by atoms with Crippen LogP contribution in [0.15, 0.2) is 81.4 Å². The maximum absolute atomic E-state index is 14.6. The van der Waals surface area contributed by atoms with Gasteiger partial charge in [0.05, 0.1) is 23.7 Å². The molecule has 3 aromatic rings. The first-order valence-electron chi connectivity index (χ1n) is 12.1. The Bertz CT molecular complexity index is 1680. The van der Waals surface area contributed by atoms with Gasteiger partial charge in [-0.25, -0.2) is 27.9 Å². The lowest BCUT2D eigenvalue weighted by atomic mass is 9.51. The van der Waals surface area contributed by atoms with E-state index in [2.05, 4.69) is 0 Å². The molecule has 0 spiro atoms. The van der Waals surface area contributed by atoms with Crippen LogP contribution in [0.3, 0.4) is 0 Å². The molecule has 1 N–H and O–H groups in total. The molecule has 8 nitrogen and oxygen atoms in total. The zero-order valence-corrected chi connectivity index (χ0v) is 20.2. The van der Waals surface area contributed by atoms with Crippen LogP contribution in [0.4, 0.5) is 4.39 Å². The Morgan fingerprint density at radius 2 is 1.73 bits per heavy atom. The van der Waals surface area contributed by atoms with Gasteiger partial charge in [0.1, 0.15) is 0 Å². The number of ketones is 2. The van der Waals surface area contributed by atoms with Gasteiger partial charge in [0, 0.05) is 17.4 Å². The highest BCUT2D eigenvalue weighted by atomic mass is 19.1. The van der Waals surface area contributed by atoms with Crippen molar-refractivity contribution in [3.05, 3.63) is 104 Å². The summed E-state index contributed by atoms with van der Waals surface area (Å²) in [5.74, 6) is -3.70. The van der Waals surface area contributed by atoms with Gasteiger partial charge in [-0.1, -0.05) is 43.3 Å². The number of Topliss-reactive ketones (excluding diaryl/α,β-unsaturated/α-hetero) is 1. The van der Waals surface area contributed by atoms with Gasteiger partial charge in [-0.05, 0) is 48.8 Å². The molecule has 2 heterocycles. The molecule has 0 saturated heterocycles. The molecule has 3 aliphatic rings. The predicted octanol–water partition coefficient (Wildman–Crippen LogP) is 3.03. The van der Waals surface area contributed by atoms with E-state index in [1.165, 1.54) is 21.5 Å². The number of allylic oxidation sites excluding steroid dienone is 4. The van der Waals surface area contributed by atoms with Crippen LogP contribution in [-0.4, -0.2) is 30.6 Å². The van der Waals surface area contributed by atoms with Gasteiger partial charge in [-0.15, -0.1) is 0 Å². The Labute approximate surface area is 210 Å². The fourth-order valence-corrected chi connectivity index (χ4v) is 6.56. The number of benzene rings is 2. The summed E-state index contributed by atoms with van der Waals surface area (Å²) in [7, 11) is 0. The first kappa shape index (κ1) is 23.1. The maximum Gasteiger partial charge on any atom is 0.352 e. The molecule has 1 aromatic heterocycles. The van der Waals surface area contributed by atoms with Gasteiger partial charge in [-0.3, -0.25) is 9.59 Å². The van der Waals surface area contributed by atoms with Crippen LogP contribution in [0.5, 0.6) is 5.75 Å². The van der Waals surface area contributed by atoms with Crippen molar-refractivity contribution < 1.29 is 19.1 Å². The van der Waals surface area contributed by atoms with Crippen LogP contribution in [0.2, 0.25) is 0 Å². The highest BCUT2D eigenvalue weighted by molar-refractivity contribution is 6.13. The third-order valence-electron chi connectivity index (χ3n) is 8.25.